The summed E-state index contributed by atoms with van der Waals surface area (Å²) < 4.78 is 24.5. The van der Waals surface area contributed by atoms with Gasteiger partial charge in [0.05, 0.1) is 18.2 Å². The van der Waals surface area contributed by atoms with Gasteiger partial charge in [-0.15, -0.1) is 0 Å². The van der Waals surface area contributed by atoms with Crippen molar-refractivity contribution in [3.63, 3.8) is 0 Å². The first-order chi connectivity index (χ1) is 10.2. The molecule has 0 aliphatic rings. The van der Waals surface area contributed by atoms with E-state index in [-0.39, 0.29) is 10.8 Å². The van der Waals surface area contributed by atoms with E-state index in [1.807, 2.05) is 24.3 Å². The van der Waals surface area contributed by atoms with Crippen LogP contribution in [-0.2, 0) is 6.54 Å². The average molecular weight is 310 g/mol. The topological polar surface area (TPSA) is 44.5 Å². The summed E-state index contributed by atoms with van der Waals surface area (Å²) in [5.74, 6) is 0.391. The first kappa shape index (κ1) is 15.6. The highest BCUT2D eigenvalue weighted by molar-refractivity contribution is 6.32. The second kappa shape index (κ2) is 7.86. The van der Waals surface area contributed by atoms with E-state index in [0.29, 0.717) is 26.2 Å². The van der Waals surface area contributed by atoms with E-state index in [1.165, 1.54) is 12.1 Å². The molecule has 3 nitrogen and oxygen atoms in total. The lowest BCUT2D eigenvalue weighted by atomic mass is 10.2. The molecule has 0 heterocycles. The van der Waals surface area contributed by atoms with E-state index in [4.69, 9.17) is 26.8 Å². The highest BCUT2D eigenvalue weighted by Gasteiger charge is 2.07. The van der Waals surface area contributed by atoms with Gasteiger partial charge >= 0.3 is 0 Å². The minimum Gasteiger partial charge on any atom is -0.493 e. The van der Waals surface area contributed by atoms with Crippen LogP contribution in [0.2, 0.25) is 5.02 Å². The van der Waals surface area contributed by atoms with Crippen LogP contribution >= 0.6 is 11.6 Å². The molecule has 2 rings (SSSR count). The lowest BCUT2D eigenvalue weighted by Gasteiger charge is -2.11. The highest BCUT2D eigenvalue weighted by Crippen LogP contribution is 2.27. The van der Waals surface area contributed by atoms with Gasteiger partial charge in [-0.1, -0.05) is 35.9 Å². The number of para-hydroxylation sites is 2. The SMILES string of the molecule is NCc1ccccc1OCCCOc1c(F)cccc1Cl. The monoisotopic (exact) mass is 309 g/mol. The van der Waals surface area contributed by atoms with Crippen molar-refractivity contribution in [3.8, 4) is 11.5 Å². The Balaban J connectivity index is 1.78. The Morgan fingerprint density at radius 1 is 1.00 bits per heavy atom. The molecule has 0 fully saturated rings. The fraction of sp³-hybridized carbons (Fsp3) is 0.250. The number of ether oxygens (including phenoxy) is 2. The van der Waals surface area contributed by atoms with Crippen LogP contribution < -0.4 is 15.2 Å². The standard InChI is InChI=1S/C16H17ClFNO2/c17-13-6-3-7-14(18)16(13)21-10-4-9-20-15-8-2-1-5-12(15)11-19/h1-3,5-8H,4,9-11,19H2. The molecule has 112 valence electrons. The maximum atomic E-state index is 13.5. The van der Waals surface area contributed by atoms with Crippen molar-refractivity contribution in [2.45, 2.75) is 13.0 Å². The fourth-order valence-electron chi connectivity index (χ4n) is 1.85. The largest absolute Gasteiger partial charge is 0.493 e. The molecule has 0 amide bonds. The third kappa shape index (κ3) is 4.34. The molecule has 0 aliphatic heterocycles. The van der Waals surface area contributed by atoms with Gasteiger partial charge in [-0.2, -0.15) is 0 Å². The van der Waals surface area contributed by atoms with Crippen LogP contribution in [-0.4, -0.2) is 13.2 Å². The first-order valence-corrected chi connectivity index (χ1v) is 7.07. The predicted octanol–water partition coefficient (Wildman–Crippen LogP) is 3.79. The van der Waals surface area contributed by atoms with Gasteiger partial charge < -0.3 is 15.2 Å². The Kier molecular flexibility index (Phi) is 5.84. The van der Waals surface area contributed by atoms with E-state index in [9.17, 15) is 4.39 Å². The molecule has 2 aromatic carbocycles. The van der Waals surface area contributed by atoms with Gasteiger partial charge in [0.1, 0.15) is 5.75 Å². The molecule has 0 saturated heterocycles. The maximum absolute atomic E-state index is 13.5. The second-order valence-corrected chi connectivity index (χ2v) is 4.82. The Labute approximate surface area is 128 Å². The van der Waals surface area contributed by atoms with Crippen molar-refractivity contribution in [1.82, 2.24) is 0 Å². The van der Waals surface area contributed by atoms with Crippen molar-refractivity contribution < 1.29 is 13.9 Å². The molecule has 0 radical (unpaired) electrons. The Bertz CT molecular complexity index is 572. The number of hydrogen-bond acceptors (Lipinski definition) is 3. The minimum absolute atomic E-state index is 0.0847. The lowest BCUT2D eigenvalue weighted by molar-refractivity contribution is 0.240. The zero-order chi connectivity index (χ0) is 15.1. The van der Waals surface area contributed by atoms with Crippen LogP contribution in [0.25, 0.3) is 0 Å². The van der Waals surface area contributed by atoms with Crippen molar-refractivity contribution in [2.75, 3.05) is 13.2 Å². The third-order valence-electron chi connectivity index (χ3n) is 2.90. The maximum Gasteiger partial charge on any atom is 0.173 e. The molecule has 0 aliphatic carbocycles. The molecular formula is C16H17ClFNO2. The average Bonchev–Trinajstić information content (AvgIpc) is 2.50. The zero-order valence-electron chi connectivity index (χ0n) is 11.5. The molecule has 0 spiro atoms. The third-order valence-corrected chi connectivity index (χ3v) is 3.20. The van der Waals surface area contributed by atoms with E-state index in [1.54, 1.807) is 6.07 Å². The molecule has 0 atom stereocenters. The first-order valence-electron chi connectivity index (χ1n) is 6.70. The summed E-state index contributed by atoms with van der Waals surface area (Å²) in [7, 11) is 0. The van der Waals surface area contributed by atoms with E-state index >= 15 is 0 Å². The summed E-state index contributed by atoms with van der Waals surface area (Å²) in [6.07, 6.45) is 0.615. The summed E-state index contributed by atoms with van der Waals surface area (Å²) in [5.41, 5.74) is 6.58. The molecule has 2 N–H and O–H groups in total. The zero-order valence-corrected chi connectivity index (χ0v) is 12.3. The summed E-state index contributed by atoms with van der Waals surface area (Å²) in [5, 5.41) is 0.268. The van der Waals surface area contributed by atoms with Crippen LogP contribution in [0.3, 0.4) is 0 Å². The summed E-state index contributed by atoms with van der Waals surface area (Å²) in [6.45, 7) is 1.21. The molecule has 0 aromatic heterocycles. The van der Waals surface area contributed by atoms with E-state index < -0.39 is 5.82 Å². The van der Waals surface area contributed by atoms with E-state index in [0.717, 1.165) is 11.3 Å². The van der Waals surface area contributed by atoms with Gasteiger partial charge in [0.25, 0.3) is 0 Å². The predicted molar refractivity (Wildman–Crippen MR) is 81.4 cm³/mol. The summed E-state index contributed by atoms with van der Waals surface area (Å²) >= 11 is 5.87. The number of halogens is 2. The van der Waals surface area contributed by atoms with Crippen molar-refractivity contribution in [3.05, 3.63) is 58.9 Å². The Hall–Kier alpha value is -1.78. The van der Waals surface area contributed by atoms with Crippen LogP contribution in [0.5, 0.6) is 11.5 Å². The molecule has 5 heteroatoms. The normalized spacial score (nSPS) is 10.4. The molecule has 0 saturated carbocycles. The number of rotatable bonds is 7. The van der Waals surface area contributed by atoms with Gasteiger partial charge in [0, 0.05) is 18.5 Å². The lowest BCUT2D eigenvalue weighted by Crippen LogP contribution is -2.08. The molecule has 0 bridgehead atoms. The van der Waals surface area contributed by atoms with Crippen LogP contribution in [0.4, 0.5) is 4.39 Å². The van der Waals surface area contributed by atoms with Crippen molar-refractivity contribution >= 4 is 11.6 Å². The Morgan fingerprint density at radius 2 is 1.76 bits per heavy atom. The van der Waals surface area contributed by atoms with Gasteiger partial charge in [-0.3, -0.25) is 0 Å². The van der Waals surface area contributed by atoms with Crippen LogP contribution in [0.15, 0.2) is 42.5 Å². The quantitative estimate of drug-likeness (QED) is 0.792. The summed E-state index contributed by atoms with van der Waals surface area (Å²) in [4.78, 5) is 0. The van der Waals surface area contributed by atoms with Gasteiger partial charge in [0.15, 0.2) is 11.6 Å². The number of benzene rings is 2. The van der Waals surface area contributed by atoms with Crippen molar-refractivity contribution in [2.24, 2.45) is 5.73 Å². The molecule has 21 heavy (non-hydrogen) atoms. The van der Waals surface area contributed by atoms with E-state index in [2.05, 4.69) is 0 Å². The van der Waals surface area contributed by atoms with Gasteiger partial charge in [-0.05, 0) is 18.2 Å². The fourth-order valence-corrected chi connectivity index (χ4v) is 2.07. The Morgan fingerprint density at radius 3 is 2.52 bits per heavy atom. The van der Waals surface area contributed by atoms with Crippen LogP contribution in [0.1, 0.15) is 12.0 Å². The molecular weight excluding hydrogens is 293 g/mol. The van der Waals surface area contributed by atoms with Gasteiger partial charge in [-0.25, -0.2) is 4.39 Å². The minimum atomic E-state index is -0.461. The number of hydrogen-bond donors (Lipinski definition) is 1. The van der Waals surface area contributed by atoms with Gasteiger partial charge in [0.2, 0.25) is 0 Å². The smallest absolute Gasteiger partial charge is 0.173 e. The number of nitrogens with two attached hydrogens (primary N) is 1. The van der Waals surface area contributed by atoms with Crippen molar-refractivity contribution in [1.29, 1.82) is 0 Å². The molecule has 2 aromatic rings. The molecule has 0 unspecified atom stereocenters. The van der Waals surface area contributed by atoms with Crippen LogP contribution in [0, 0.1) is 5.82 Å². The second-order valence-electron chi connectivity index (χ2n) is 4.41. The highest BCUT2D eigenvalue weighted by atomic mass is 35.5. The summed E-state index contributed by atoms with van der Waals surface area (Å²) in [6, 6.07) is 12.0.